The van der Waals surface area contributed by atoms with E-state index in [0.29, 0.717) is 0 Å². The first-order chi connectivity index (χ1) is 10.1. The Hall–Kier alpha value is -1.55. The van der Waals surface area contributed by atoms with E-state index < -0.39 is 6.10 Å². The number of unbranched alkanes of at least 4 members (excludes halogenated alkanes) is 2. The van der Waals surface area contributed by atoms with Crippen LogP contribution in [0.4, 0.5) is 0 Å². The van der Waals surface area contributed by atoms with Gasteiger partial charge in [-0.1, -0.05) is 25.8 Å². The van der Waals surface area contributed by atoms with E-state index >= 15 is 0 Å². The molecule has 2 rings (SSSR count). The number of ether oxygens (including phenoxy) is 1. The van der Waals surface area contributed by atoms with Crippen LogP contribution in [0, 0.1) is 0 Å². The number of nitrogens with two attached hydrogens (primary N) is 1. The zero-order chi connectivity index (χ0) is 15.2. The molecule has 1 unspecified atom stereocenters. The molecule has 2 atom stereocenters. The highest BCUT2D eigenvalue weighted by Gasteiger charge is 2.20. The lowest BCUT2D eigenvalue weighted by molar-refractivity contribution is -0.127. The lowest BCUT2D eigenvalue weighted by atomic mass is 10.1. The van der Waals surface area contributed by atoms with Gasteiger partial charge in [-0.2, -0.15) is 0 Å². The molecule has 1 aliphatic carbocycles. The summed E-state index contributed by atoms with van der Waals surface area (Å²) in [6.07, 6.45) is 4.82. The van der Waals surface area contributed by atoms with E-state index in [0.717, 1.165) is 44.4 Å². The number of nitrogens with one attached hydrogen (secondary N) is 1. The van der Waals surface area contributed by atoms with Crippen LogP contribution in [0.15, 0.2) is 18.2 Å². The monoisotopic (exact) mass is 290 g/mol. The maximum Gasteiger partial charge on any atom is 0.260 e. The molecular formula is C17H26N2O2. The van der Waals surface area contributed by atoms with Crippen molar-refractivity contribution >= 4 is 5.91 Å². The molecule has 0 saturated carbocycles. The molecule has 1 aromatic carbocycles. The number of amides is 1. The molecule has 1 aromatic rings. The van der Waals surface area contributed by atoms with E-state index in [1.54, 1.807) is 6.92 Å². The van der Waals surface area contributed by atoms with Crippen LogP contribution >= 0.6 is 0 Å². The molecule has 0 saturated heterocycles. The van der Waals surface area contributed by atoms with Crippen LogP contribution in [-0.2, 0) is 11.2 Å². The Morgan fingerprint density at radius 2 is 2.29 bits per heavy atom. The van der Waals surface area contributed by atoms with E-state index in [4.69, 9.17) is 10.5 Å². The Kier molecular flexibility index (Phi) is 5.62. The molecule has 0 radical (unpaired) electrons. The van der Waals surface area contributed by atoms with E-state index in [-0.39, 0.29) is 11.9 Å². The SMILES string of the molecule is CCCCCNC(=O)C(C)Oc1ccc2c(c1)CC[C@H]2N. The van der Waals surface area contributed by atoms with Crippen LogP contribution in [0.1, 0.15) is 56.7 Å². The number of aryl methyl sites for hydroxylation is 1. The molecule has 1 amide bonds. The number of carbonyl (C=O) groups is 1. The van der Waals surface area contributed by atoms with E-state index in [9.17, 15) is 4.79 Å². The normalized spacial score (nSPS) is 18.1. The molecule has 4 nitrogen and oxygen atoms in total. The van der Waals surface area contributed by atoms with Gasteiger partial charge in [0.2, 0.25) is 0 Å². The first-order valence-corrected chi connectivity index (χ1v) is 7.94. The Balaban J connectivity index is 1.85. The zero-order valence-corrected chi connectivity index (χ0v) is 13.0. The molecule has 0 bridgehead atoms. The number of hydrogen-bond acceptors (Lipinski definition) is 3. The van der Waals surface area contributed by atoms with Gasteiger partial charge in [0, 0.05) is 12.6 Å². The molecule has 0 heterocycles. The second-order valence-electron chi connectivity index (χ2n) is 5.76. The fourth-order valence-electron chi connectivity index (χ4n) is 2.69. The van der Waals surface area contributed by atoms with Gasteiger partial charge in [0.05, 0.1) is 0 Å². The third-order valence-corrected chi connectivity index (χ3v) is 4.00. The van der Waals surface area contributed by atoms with Crippen LogP contribution in [0.2, 0.25) is 0 Å². The average molecular weight is 290 g/mol. The fourth-order valence-corrected chi connectivity index (χ4v) is 2.69. The Bertz CT molecular complexity index is 488. The molecule has 3 N–H and O–H groups in total. The lowest BCUT2D eigenvalue weighted by Crippen LogP contribution is -2.36. The van der Waals surface area contributed by atoms with Gasteiger partial charge in [-0.05, 0) is 49.4 Å². The quantitative estimate of drug-likeness (QED) is 0.759. The maximum absolute atomic E-state index is 11.9. The zero-order valence-electron chi connectivity index (χ0n) is 13.0. The van der Waals surface area contributed by atoms with E-state index in [2.05, 4.69) is 12.2 Å². The van der Waals surface area contributed by atoms with Crippen LogP contribution in [0.5, 0.6) is 5.75 Å². The Labute approximate surface area is 127 Å². The Morgan fingerprint density at radius 3 is 3.05 bits per heavy atom. The topological polar surface area (TPSA) is 64.3 Å². The van der Waals surface area contributed by atoms with Gasteiger partial charge in [0.15, 0.2) is 6.10 Å². The molecule has 1 aliphatic rings. The number of benzene rings is 1. The second kappa shape index (κ2) is 7.46. The third kappa shape index (κ3) is 4.21. The summed E-state index contributed by atoms with van der Waals surface area (Å²) in [5.74, 6) is 0.697. The average Bonchev–Trinajstić information content (AvgIpc) is 2.84. The lowest BCUT2D eigenvalue weighted by Gasteiger charge is -2.15. The van der Waals surface area contributed by atoms with Gasteiger partial charge >= 0.3 is 0 Å². The van der Waals surface area contributed by atoms with Gasteiger partial charge in [-0.25, -0.2) is 0 Å². The van der Waals surface area contributed by atoms with Crippen molar-refractivity contribution in [3.05, 3.63) is 29.3 Å². The fraction of sp³-hybridized carbons (Fsp3) is 0.588. The second-order valence-corrected chi connectivity index (χ2v) is 5.76. The van der Waals surface area contributed by atoms with Crippen LogP contribution in [-0.4, -0.2) is 18.6 Å². The maximum atomic E-state index is 11.9. The van der Waals surface area contributed by atoms with E-state index in [1.165, 1.54) is 11.1 Å². The molecule has 0 aliphatic heterocycles. The molecule has 0 aromatic heterocycles. The third-order valence-electron chi connectivity index (χ3n) is 4.00. The number of fused-ring (bicyclic) bond motifs is 1. The van der Waals surface area contributed by atoms with Crippen molar-refractivity contribution in [1.29, 1.82) is 0 Å². The molecule has 0 spiro atoms. The summed E-state index contributed by atoms with van der Waals surface area (Å²) in [5, 5.41) is 2.91. The largest absolute Gasteiger partial charge is 0.481 e. The summed E-state index contributed by atoms with van der Waals surface area (Å²) in [6.45, 7) is 4.65. The first-order valence-electron chi connectivity index (χ1n) is 7.94. The predicted octanol–water partition coefficient (Wildman–Crippen LogP) is 2.71. The molecule has 0 fully saturated rings. The van der Waals surface area contributed by atoms with Crippen molar-refractivity contribution in [3.63, 3.8) is 0 Å². The summed E-state index contributed by atoms with van der Waals surface area (Å²) in [7, 11) is 0. The van der Waals surface area contributed by atoms with Crippen molar-refractivity contribution in [3.8, 4) is 5.75 Å². The molecule has 21 heavy (non-hydrogen) atoms. The minimum Gasteiger partial charge on any atom is -0.481 e. The van der Waals surface area contributed by atoms with Gasteiger partial charge in [-0.15, -0.1) is 0 Å². The molecular weight excluding hydrogens is 264 g/mol. The summed E-state index contributed by atoms with van der Waals surface area (Å²) < 4.78 is 5.74. The minimum atomic E-state index is -0.472. The minimum absolute atomic E-state index is 0.0525. The number of carbonyl (C=O) groups excluding carboxylic acids is 1. The highest BCUT2D eigenvalue weighted by molar-refractivity contribution is 5.80. The van der Waals surface area contributed by atoms with Gasteiger partial charge in [0.25, 0.3) is 5.91 Å². The van der Waals surface area contributed by atoms with Crippen molar-refractivity contribution in [2.24, 2.45) is 5.73 Å². The van der Waals surface area contributed by atoms with E-state index in [1.807, 2.05) is 18.2 Å². The standard InChI is InChI=1S/C17H26N2O2/c1-3-4-5-10-19-17(20)12(2)21-14-7-8-15-13(11-14)6-9-16(15)18/h7-8,11-12,16H,3-6,9-10,18H2,1-2H3,(H,19,20)/t12?,16-/m1/s1. The van der Waals surface area contributed by atoms with Gasteiger partial charge < -0.3 is 15.8 Å². The van der Waals surface area contributed by atoms with Crippen LogP contribution in [0.3, 0.4) is 0 Å². The Morgan fingerprint density at radius 1 is 1.48 bits per heavy atom. The van der Waals surface area contributed by atoms with Crippen molar-refractivity contribution in [1.82, 2.24) is 5.32 Å². The number of hydrogen-bond donors (Lipinski definition) is 2. The van der Waals surface area contributed by atoms with Crippen molar-refractivity contribution in [2.75, 3.05) is 6.54 Å². The summed E-state index contributed by atoms with van der Waals surface area (Å²) in [4.78, 5) is 11.9. The first kappa shape index (κ1) is 15.8. The summed E-state index contributed by atoms with van der Waals surface area (Å²) in [5.41, 5.74) is 8.47. The highest BCUT2D eigenvalue weighted by Crippen LogP contribution is 2.32. The summed E-state index contributed by atoms with van der Waals surface area (Å²) in [6, 6.07) is 6.09. The van der Waals surface area contributed by atoms with Crippen molar-refractivity contribution in [2.45, 2.75) is 58.1 Å². The number of rotatable bonds is 7. The molecule has 116 valence electrons. The smallest absolute Gasteiger partial charge is 0.260 e. The van der Waals surface area contributed by atoms with Gasteiger partial charge in [0.1, 0.15) is 5.75 Å². The predicted molar refractivity (Wildman–Crippen MR) is 84.3 cm³/mol. The van der Waals surface area contributed by atoms with Crippen molar-refractivity contribution < 1.29 is 9.53 Å². The molecule has 4 heteroatoms. The van der Waals surface area contributed by atoms with Crippen LogP contribution < -0.4 is 15.8 Å². The van der Waals surface area contributed by atoms with Crippen LogP contribution in [0.25, 0.3) is 0 Å². The van der Waals surface area contributed by atoms with Gasteiger partial charge in [-0.3, -0.25) is 4.79 Å². The highest BCUT2D eigenvalue weighted by atomic mass is 16.5. The summed E-state index contributed by atoms with van der Waals surface area (Å²) >= 11 is 0.